The van der Waals surface area contributed by atoms with Gasteiger partial charge in [-0.1, -0.05) is 24.3 Å². The van der Waals surface area contributed by atoms with Crippen molar-refractivity contribution in [2.45, 2.75) is 19.9 Å². The van der Waals surface area contributed by atoms with E-state index in [1.54, 1.807) is 40.4 Å². The molecule has 6 nitrogen and oxygen atoms in total. The van der Waals surface area contributed by atoms with Crippen molar-refractivity contribution in [1.29, 1.82) is 0 Å². The second-order valence-electron chi connectivity index (χ2n) is 5.41. The third-order valence-corrected chi connectivity index (χ3v) is 3.94. The van der Waals surface area contributed by atoms with Crippen LogP contribution in [-0.4, -0.2) is 20.7 Å². The summed E-state index contributed by atoms with van der Waals surface area (Å²) in [6.45, 7) is 2.45. The fourth-order valence-corrected chi connectivity index (χ4v) is 2.70. The molecule has 24 heavy (non-hydrogen) atoms. The van der Waals surface area contributed by atoms with Crippen LogP contribution >= 0.6 is 0 Å². The maximum absolute atomic E-state index is 12.6. The highest BCUT2D eigenvalue weighted by Gasteiger charge is 2.11. The van der Waals surface area contributed by atoms with Gasteiger partial charge in [0.25, 0.3) is 11.5 Å². The van der Waals surface area contributed by atoms with Gasteiger partial charge in [0.1, 0.15) is 5.82 Å². The van der Waals surface area contributed by atoms with Crippen molar-refractivity contribution in [3.63, 3.8) is 0 Å². The van der Waals surface area contributed by atoms with E-state index in [0.29, 0.717) is 35.3 Å². The molecule has 1 heterocycles. The number of hydrogen-bond acceptors (Lipinski definition) is 4. The molecule has 6 heteroatoms. The molecule has 3 rings (SSSR count). The molecule has 0 aliphatic carbocycles. The summed E-state index contributed by atoms with van der Waals surface area (Å²) in [4.78, 5) is 28.6. The number of aromatic nitrogens is 2. The van der Waals surface area contributed by atoms with E-state index in [1.165, 1.54) is 0 Å². The van der Waals surface area contributed by atoms with Crippen LogP contribution in [0.1, 0.15) is 28.7 Å². The molecule has 0 aliphatic rings. The van der Waals surface area contributed by atoms with Gasteiger partial charge in [0.2, 0.25) is 0 Å². The Morgan fingerprint density at radius 1 is 1.17 bits per heavy atom. The Bertz CT molecular complexity index is 946. The average molecular weight is 323 g/mol. The van der Waals surface area contributed by atoms with Gasteiger partial charge in [-0.25, -0.2) is 10.5 Å². The van der Waals surface area contributed by atoms with Crippen LogP contribution in [0.25, 0.3) is 10.9 Å². The number of carbonyl (C=O) groups excluding carboxylic acids is 1. The molecule has 0 spiro atoms. The van der Waals surface area contributed by atoms with Gasteiger partial charge in [-0.2, -0.15) is 0 Å². The summed E-state index contributed by atoms with van der Waals surface area (Å²) in [5.74, 6) is 0.122. The molecule has 0 saturated heterocycles. The summed E-state index contributed by atoms with van der Waals surface area (Å²) in [5.41, 5.74) is 3.52. The Balaban J connectivity index is 2.00. The lowest BCUT2D eigenvalue weighted by Crippen LogP contribution is -2.24. The topological polar surface area (TPSA) is 84.2 Å². The van der Waals surface area contributed by atoms with Crippen molar-refractivity contribution in [2.75, 3.05) is 0 Å². The zero-order chi connectivity index (χ0) is 17.1. The van der Waals surface area contributed by atoms with Gasteiger partial charge in [0.15, 0.2) is 0 Å². The van der Waals surface area contributed by atoms with Crippen molar-refractivity contribution in [2.24, 2.45) is 0 Å². The maximum Gasteiger partial charge on any atom is 0.274 e. The number of hydroxylamine groups is 1. The van der Waals surface area contributed by atoms with Gasteiger partial charge in [-0.3, -0.25) is 19.4 Å². The number of rotatable bonds is 4. The van der Waals surface area contributed by atoms with Gasteiger partial charge in [0.05, 0.1) is 10.9 Å². The second kappa shape index (κ2) is 6.64. The van der Waals surface area contributed by atoms with Crippen LogP contribution < -0.4 is 11.0 Å². The normalized spacial score (nSPS) is 10.8. The molecule has 0 atom stereocenters. The Hall–Kier alpha value is -2.99. The van der Waals surface area contributed by atoms with E-state index >= 15 is 0 Å². The smallest absolute Gasteiger partial charge is 0.274 e. The van der Waals surface area contributed by atoms with Crippen LogP contribution in [0.15, 0.2) is 53.3 Å². The fourth-order valence-electron chi connectivity index (χ4n) is 2.70. The monoisotopic (exact) mass is 323 g/mol. The fraction of sp³-hybridized carbons (Fsp3) is 0.167. The summed E-state index contributed by atoms with van der Waals surface area (Å²) >= 11 is 0. The molecule has 1 aromatic heterocycles. The lowest BCUT2D eigenvalue weighted by molar-refractivity contribution is 0.0706. The van der Waals surface area contributed by atoms with E-state index in [2.05, 4.69) is 4.98 Å². The van der Waals surface area contributed by atoms with E-state index in [1.807, 2.05) is 25.1 Å². The lowest BCUT2D eigenvalue weighted by atomic mass is 10.1. The number of para-hydroxylation sites is 1. The number of nitrogens with zero attached hydrogens (tertiary/aromatic N) is 2. The average Bonchev–Trinajstić information content (AvgIpc) is 2.62. The SMILES string of the molecule is CCn1c(Cc2ccc(C(=O)NO)cc2)nc2ccccc2c1=O. The first-order valence-corrected chi connectivity index (χ1v) is 7.66. The lowest BCUT2D eigenvalue weighted by Gasteiger charge is -2.12. The van der Waals surface area contributed by atoms with E-state index < -0.39 is 5.91 Å². The van der Waals surface area contributed by atoms with Crippen molar-refractivity contribution < 1.29 is 10.0 Å². The van der Waals surface area contributed by atoms with Crippen LogP contribution in [0.2, 0.25) is 0 Å². The number of fused-ring (bicyclic) bond motifs is 1. The third-order valence-electron chi connectivity index (χ3n) is 3.94. The minimum absolute atomic E-state index is 0.0469. The first-order chi connectivity index (χ1) is 11.6. The molecular weight excluding hydrogens is 306 g/mol. The second-order valence-corrected chi connectivity index (χ2v) is 5.41. The first-order valence-electron chi connectivity index (χ1n) is 7.66. The highest BCUT2D eigenvalue weighted by molar-refractivity contribution is 5.93. The zero-order valence-corrected chi connectivity index (χ0v) is 13.2. The minimum Gasteiger partial charge on any atom is -0.296 e. The number of carbonyl (C=O) groups is 1. The van der Waals surface area contributed by atoms with E-state index in [4.69, 9.17) is 5.21 Å². The number of nitrogens with one attached hydrogen (secondary N) is 1. The van der Waals surface area contributed by atoms with Crippen LogP contribution in [0.3, 0.4) is 0 Å². The molecule has 3 aromatic rings. The summed E-state index contributed by atoms with van der Waals surface area (Å²) in [6.07, 6.45) is 0.481. The van der Waals surface area contributed by atoms with Crippen LogP contribution in [-0.2, 0) is 13.0 Å². The predicted octanol–water partition coefficient (Wildman–Crippen LogP) is 2.13. The summed E-state index contributed by atoms with van der Waals surface area (Å²) in [7, 11) is 0. The molecule has 0 bridgehead atoms. The standard InChI is InChI=1S/C18H17N3O3/c1-2-21-16(19-15-6-4-3-5-14(15)18(21)23)11-12-7-9-13(10-8-12)17(22)20-24/h3-10,24H,2,11H2,1H3,(H,20,22). The highest BCUT2D eigenvalue weighted by Crippen LogP contribution is 2.13. The Morgan fingerprint density at radius 3 is 2.54 bits per heavy atom. The molecule has 0 saturated carbocycles. The van der Waals surface area contributed by atoms with E-state index in [0.717, 1.165) is 5.56 Å². The summed E-state index contributed by atoms with van der Waals surface area (Å²) in [6, 6.07) is 14.1. The minimum atomic E-state index is -0.559. The van der Waals surface area contributed by atoms with Crippen molar-refractivity contribution in [3.8, 4) is 0 Å². The Morgan fingerprint density at radius 2 is 1.88 bits per heavy atom. The number of benzene rings is 2. The van der Waals surface area contributed by atoms with Crippen LogP contribution in [0.5, 0.6) is 0 Å². The first kappa shape index (κ1) is 15.9. The predicted molar refractivity (Wildman–Crippen MR) is 90.2 cm³/mol. The molecule has 0 radical (unpaired) electrons. The van der Waals surface area contributed by atoms with Gasteiger partial charge < -0.3 is 0 Å². The Kier molecular flexibility index (Phi) is 4.39. The quantitative estimate of drug-likeness (QED) is 0.569. The molecule has 0 aliphatic heterocycles. The maximum atomic E-state index is 12.6. The number of amides is 1. The van der Waals surface area contributed by atoms with Crippen molar-refractivity contribution >= 4 is 16.8 Å². The molecule has 2 aromatic carbocycles. The third kappa shape index (κ3) is 2.91. The van der Waals surface area contributed by atoms with Gasteiger partial charge in [0, 0.05) is 18.5 Å². The van der Waals surface area contributed by atoms with E-state index in [-0.39, 0.29) is 5.56 Å². The molecule has 1 amide bonds. The van der Waals surface area contributed by atoms with Crippen molar-refractivity contribution in [3.05, 3.63) is 75.8 Å². The van der Waals surface area contributed by atoms with Crippen LogP contribution in [0, 0.1) is 0 Å². The van der Waals surface area contributed by atoms with Gasteiger partial charge in [-0.15, -0.1) is 0 Å². The Labute approximate surface area is 138 Å². The summed E-state index contributed by atoms with van der Waals surface area (Å²) < 4.78 is 1.66. The zero-order valence-electron chi connectivity index (χ0n) is 13.2. The largest absolute Gasteiger partial charge is 0.296 e. The summed E-state index contributed by atoms with van der Waals surface area (Å²) in [5, 5.41) is 9.25. The number of hydrogen-bond donors (Lipinski definition) is 2. The molecule has 0 fully saturated rings. The highest BCUT2D eigenvalue weighted by atomic mass is 16.5. The van der Waals surface area contributed by atoms with E-state index in [9.17, 15) is 9.59 Å². The van der Waals surface area contributed by atoms with Gasteiger partial charge in [-0.05, 0) is 36.8 Å². The molecule has 0 unspecified atom stereocenters. The molecule has 2 N–H and O–H groups in total. The van der Waals surface area contributed by atoms with Crippen LogP contribution in [0.4, 0.5) is 0 Å². The van der Waals surface area contributed by atoms with Crippen molar-refractivity contribution in [1.82, 2.24) is 15.0 Å². The van der Waals surface area contributed by atoms with Gasteiger partial charge >= 0.3 is 0 Å². The molecular formula is C18H17N3O3. The molecule has 122 valence electrons.